The van der Waals surface area contributed by atoms with Crippen molar-refractivity contribution in [2.75, 3.05) is 6.54 Å². The van der Waals surface area contributed by atoms with Crippen LogP contribution in [0.2, 0.25) is 0 Å². The second kappa shape index (κ2) is 2.54. The topological polar surface area (TPSA) is 12.0 Å². The van der Waals surface area contributed by atoms with Gasteiger partial charge >= 0.3 is 0 Å². The highest BCUT2D eigenvalue weighted by molar-refractivity contribution is 4.93. The average Bonchev–Trinajstić information content (AvgIpc) is 2.15. The molecule has 0 spiro atoms. The molecule has 1 heteroatoms. The maximum atomic E-state index is 3.49. The van der Waals surface area contributed by atoms with E-state index in [9.17, 15) is 0 Å². The van der Waals surface area contributed by atoms with Crippen LogP contribution in [0.1, 0.15) is 34.1 Å². The summed E-state index contributed by atoms with van der Waals surface area (Å²) >= 11 is 0. The molecule has 0 aromatic carbocycles. The Hall–Kier alpha value is -0.0400. The van der Waals surface area contributed by atoms with Crippen molar-refractivity contribution < 1.29 is 0 Å². The third-order valence-electron chi connectivity index (χ3n) is 3.42. The van der Waals surface area contributed by atoms with Gasteiger partial charge < -0.3 is 5.32 Å². The van der Waals surface area contributed by atoms with Crippen molar-refractivity contribution in [3.05, 3.63) is 0 Å². The molecule has 2 unspecified atom stereocenters. The van der Waals surface area contributed by atoms with Gasteiger partial charge in [-0.3, -0.25) is 0 Å². The van der Waals surface area contributed by atoms with Crippen LogP contribution < -0.4 is 5.32 Å². The van der Waals surface area contributed by atoms with Crippen LogP contribution in [0.25, 0.3) is 0 Å². The van der Waals surface area contributed by atoms with E-state index < -0.39 is 0 Å². The van der Waals surface area contributed by atoms with Crippen molar-refractivity contribution >= 4 is 0 Å². The van der Waals surface area contributed by atoms with Crippen LogP contribution in [-0.2, 0) is 0 Å². The summed E-state index contributed by atoms with van der Waals surface area (Å²) in [5.41, 5.74) is 0.542. The first-order chi connectivity index (χ1) is 4.57. The third kappa shape index (κ3) is 1.07. The lowest BCUT2D eigenvalue weighted by Crippen LogP contribution is -2.35. The zero-order chi connectivity index (χ0) is 7.78. The number of hydrogen-bond acceptors (Lipinski definition) is 1. The van der Waals surface area contributed by atoms with Gasteiger partial charge in [-0.05, 0) is 31.2 Å². The molecule has 0 radical (unpaired) electrons. The van der Waals surface area contributed by atoms with Gasteiger partial charge in [0.25, 0.3) is 0 Å². The molecule has 1 nitrogen and oxygen atoms in total. The summed E-state index contributed by atoms with van der Waals surface area (Å²) < 4.78 is 0. The summed E-state index contributed by atoms with van der Waals surface area (Å²) in [5, 5.41) is 3.49. The molecule has 0 saturated carbocycles. The molecule has 60 valence electrons. The molecule has 1 aliphatic rings. The fourth-order valence-electron chi connectivity index (χ4n) is 1.80. The van der Waals surface area contributed by atoms with Crippen molar-refractivity contribution in [2.45, 2.75) is 40.2 Å². The Balaban J connectivity index is 2.66. The first-order valence-corrected chi connectivity index (χ1v) is 4.31. The number of rotatable bonds is 1. The van der Waals surface area contributed by atoms with E-state index in [4.69, 9.17) is 0 Å². The lowest BCUT2D eigenvalue weighted by molar-refractivity contribution is 0.199. The highest BCUT2D eigenvalue weighted by atomic mass is 15.0. The monoisotopic (exact) mass is 141 g/mol. The van der Waals surface area contributed by atoms with E-state index in [0.717, 1.165) is 5.92 Å². The van der Waals surface area contributed by atoms with E-state index in [-0.39, 0.29) is 0 Å². The zero-order valence-corrected chi connectivity index (χ0v) is 7.57. The zero-order valence-electron chi connectivity index (χ0n) is 7.57. The van der Waals surface area contributed by atoms with Gasteiger partial charge in [0.2, 0.25) is 0 Å². The van der Waals surface area contributed by atoms with Gasteiger partial charge in [0.15, 0.2) is 0 Å². The maximum absolute atomic E-state index is 3.49. The summed E-state index contributed by atoms with van der Waals surface area (Å²) in [6.07, 6.45) is 1.34. The molecule has 1 rings (SSSR count). The fourth-order valence-corrected chi connectivity index (χ4v) is 1.80. The Bertz CT molecular complexity index is 120. The first-order valence-electron chi connectivity index (χ1n) is 4.31. The Morgan fingerprint density at radius 2 is 2.10 bits per heavy atom. The minimum atomic E-state index is 0.542. The summed E-state index contributed by atoms with van der Waals surface area (Å²) in [4.78, 5) is 0. The highest BCUT2D eigenvalue weighted by Gasteiger charge is 2.37. The summed E-state index contributed by atoms with van der Waals surface area (Å²) in [7, 11) is 0. The Labute approximate surface area is 64.2 Å². The van der Waals surface area contributed by atoms with Gasteiger partial charge in [0.1, 0.15) is 0 Å². The van der Waals surface area contributed by atoms with E-state index in [1.165, 1.54) is 13.0 Å². The predicted molar refractivity (Wildman–Crippen MR) is 45.0 cm³/mol. The molecule has 1 aliphatic heterocycles. The van der Waals surface area contributed by atoms with Crippen molar-refractivity contribution in [3.63, 3.8) is 0 Å². The number of hydrogen-bond donors (Lipinski definition) is 1. The van der Waals surface area contributed by atoms with Crippen LogP contribution in [0.15, 0.2) is 0 Å². The van der Waals surface area contributed by atoms with Gasteiger partial charge in [0, 0.05) is 6.04 Å². The lowest BCUT2D eigenvalue weighted by Gasteiger charge is -2.32. The minimum Gasteiger partial charge on any atom is -0.314 e. The third-order valence-corrected chi connectivity index (χ3v) is 3.42. The fraction of sp³-hybridized carbons (Fsp3) is 1.00. The molecule has 1 N–H and O–H groups in total. The van der Waals surface area contributed by atoms with Gasteiger partial charge in [-0.1, -0.05) is 20.8 Å². The second-order valence-corrected chi connectivity index (χ2v) is 4.09. The van der Waals surface area contributed by atoms with Crippen molar-refractivity contribution in [1.29, 1.82) is 0 Å². The van der Waals surface area contributed by atoms with E-state index in [2.05, 4.69) is 33.0 Å². The SMILES string of the molecule is CC(C)C1(C)CCNC1C. The smallest absolute Gasteiger partial charge is 0.00954 e. The van der Waals surface area contributed by atoms with E-state index in [0.29, 0.717) is 11.5 Å². The van der Waals surface area contributed by atoms with Crippen LogP contribution in [-0.4, -0.2) is 12.6 Å². The van der Waals surface area contributed by atoms with E-state index in [1.807, 2.05) is 0 Å². The quantitative estimate of drug-likeness (QED) is 0.589. The Morgan fingerprint density at radius 3 is 2.30 bits per heavy atom. The molecule has 0 aromatic rings. The minimum absolute atomic E-state index is 0.542. The van der Waals surface area contributed by atoms with Crippen LogP contribution in [0, 0.1) is 11.3 Å². The van der Waals surface area contributed by atoms with Crippen molar-refractivity contribution in [1.82, 2.24) is 5.32 Å². The average molecular weight is 141 g/mol. The predicted octanol–water partition coefficient (Wildman–Crippen LogP) is 2.03. The normalized spacial score (nSPS) is 41.1. The van der Waals surface area contributed by atoms with Gasteiger partial charge in [-0.15, -0.1) is 0 Å². The molecule has 0 bridgehead atoms. The van der Waals surface area contributed by atoms with Crippen LogP contribution in [0.3, 0.4) is 0 Å². The standard InChI is InChI=1S/C9H19N/c1-7(2)9(4)5-6-10-8(9)3/h7-8,10H,5-6H2,1-4H3. The summed E-state index contributed by atoms with van der Waals surface area (Å²) in [6.45, 7) is 10.5. The highest BCUT2D eigenvalue weighted by Crippen LogP contribution is 2.37. The maximum Gasteiger partial charge on any atom is 0.00954 e. The second-order valence-electron chi connectivity index (χ2n) is 4.09. The molecule has 0 aromatic heterocycles. The lowest BCUT2D eigenvalue weighted by atomic mass is 9.74. The van der Waals surface area contributed by atoms with Gasteiger partial charge in [-0.2, -0.15) is 0 Å². The van der Waals surface area contributed by atoms with Crippen molar-refractivity contribution in [2.24, 2.45) is 11.3 Å². The van der Waals surface area contributed by atoms with Crippen LogP contribution in [0.5, 0.6) is 0 Å². The van der Waals surface area contributed by atoms with Crippen molar-refractivity contribution in [3.8, 4) is 0 Å². The largest absolute Gasteiger partial charge is 0.314 e. The molecule has 0 amide bonds. The van der Waals surface area contributed by atoms with Gasteiger partial charge in [0.05, 0.1) is 0 Å². The summed E-state index contributed by atoms with van der Waals surface area (Å²) in [5.74, 6) is 0.803. The van der Waals surface area contributed by atoms with Crippen LogP contribution in [0.4, 0.5) is 0 Å². The molecule has 1 fully saturated rings. The molecule has 1 heterocycles. The van der Waals surface area contributed by atoms with Crippen LogP contribution >= 0.6 is 0 Å². The van der Waals surface area contributed by atoms with E-state index in [1.54, 1.807) is 0 Å². The van der Waals surface area contributed by atoms with E-state index >= 15 is 0 Å². The Morgan fingerprint density at radius 1 is 1.50 bits per heavy atom. The Kier molecular flexibility index (Phi) is 2.04. The molecular weight excluding hydrogens is 122 g/mol. The molecule has 10 heavy (non-hydrogen) atoms. The molecule has 2 atom stereocenters. The first kappa shape index (κ1) is 8.06. The molecule has 1 saturated heterocycles. The molecular formula is C9H19N. The number of nitrogens with one attached hydrogen (secondary N) is 1. The molecule has 0 aliphatic carbocycles. The summed E-state index contributed by atoms with van der Waals surface area (Å²) in [6, 6.07) is 0.701. The van der Waals surface area contributed by atoms with Gasteiger partial charge in [-0.25, -0.2) is 0 Å².